The number of aryl methyl sites for hydroxylation is 1. The zero-order valence-corrected chi connectivity index (χ0v) is 13.1. The molecule has 0 saturated heterocycles. The van der Waals surface area contributed by atoms with Crippen molar-refractivity contribution in [3.63, 3.8) is 0 Å². The molecule has 2 aromatic rings. The van der Waals surface area contributed by atoms with Crippen molar-refractivity contribution >= 4 is 21.6 Å². The Labute approximate surface area is 124 Å². The number of anilines is 1. The van der Waals surface area contributed by atoms with Crippen molar-refractivity contribution in [1.29, 1.82) is 0 Å². The van der Waals surface area contributed by atoms with Crippen LogP contribution in [0.4, 0.5) is 5.69 Å². The van der Waals surface area contributed by atoms with Crippen molar-refractivity contribution in [2.45, 2.75) is 32.7 Å². The van der Waals surface area contributed by atoms with Crippen molar-refractivity contribution in [3.05, 3.63) is 64.1 Å². The number of hydrogen-bond acceptors (Lipinski definition) is 1. The van der Waals surface area contributed by atoms with E-state index in [0.717, 1.165) is 17.3 Å². The Morgan fingerprint density at radius 3 is 2.47 bits per heavy atom. The molecular formula is C17H20BrN. The molecule has 0 saturated carbocycles. The Morgan fingerprint density at radius 1 is 1.11 bits per heavy atom. The lowest BCUT2D eigenvalue weighted by Crippen LogP contribution is -2.21. The van der Waals surface area contributed by atoms with E-state index in [9.17, 15) is 0 Å². The minimum absolute atomic E-state index is 0.469. The van der Waals surface area contributed by atoms with Crippen LogP contribution >= 0.6 is 15.9 Å². The van der Waals surface area contributed by atoms with Gasteiger partial charge in [-0.3, -0.25) is 0 Å². The fraction of sp³-hybridized carbons (Fsp3) is 0.294. The van der Waals surface area contributed by atoms with E-state index in [0.29, 0.717) is 6.04 Å². The highest BCUT2D eigenvalue weighted by Crippen LogP contribution is 2.21. The van der Waals surface area contributed by atoms with Crippen molar-refractivity contribution in [3.8, 4) is 0 Å². The van der Waals surface area contributed by atoms with Gasteiger partial charge in [0, 0.05) is 16.2 Å². The Hall–Kier alpha value is -1.28. The molecule has 0 aromatic heterocycles. The molecule has 2 rings (SSSR count). The molecule has 0 bridgehead atoms. The van der Waals surface area contributed by atoms with Crippen molar-refractivity contribution in [1.82, 2.24) is 0 Å². The van der Waals surface area contributed by atoms with Crippen LogP contribution in [0.2, 0.25) is 0 Å². The topological polar surface area (TPSA) is 12.0 Å². The molecule has 100 valence electrons. The molecule has 2 heteroatoms. The highest BCUT2D eigenvalue weighted by Gasteiger charge is 2.07. The van der Waals surface area contributed by atoms with E-state index >= 15 is 0 Å². The quantitative estimate of drug-likeness (QED) is 0.800. The maximum Gasteiger partial charge on any atom is 0.0356 e. The molecule has 0 spiro atoms. The van der Waals surface area contributed by atoms with Crippen LogP contribution in [0.3, 0.4) is 0 Å². The van der Waals surface area contributed by atoms with Gasteiger partial charge in [0.05, 0.1) is 0 Å². The normalized spacial score (nSPS) is 12.2. The Bertz CT molecular complexity index is 502. The summed E-state index contributed by atoms with van der Waals surface area (Å²) in [4.78, 5) is 0. The first-order valence-electron chi connectivity index (χ1n) is 6.75. The summed E-state index contributed by atoms with van der Waals surface area (Å²) >= 11 is 3.55. The standard InChI is InChI=1S/C17H20BrN/c1-3-16(11-14-7-5-4-6-8-14)19-17-10-13(2)9-15(18)12-17/h4-10,12,16,19H,3,11H2,1-2H3. The molecule has 0 heterocycles. The van der Waals surface area contributed by atoms with Gasteiger partial charge in [0.1, 0.15) is 0 Å². The SMILES string of the molecule is CCC(Cc1ccccc1)Nc1cc(C)cc(Br)c1. The maximum atomic E-state index is 3.63. The predicted octanol–water partition coefficient (Wildman–Crippen LogP) is 5.19. The summed E-state index contributed by atoms with van der Waals surface area (Å²) in [5.74, 6) is 0. The minimum atomic E-state index is 0.469. The molecule has 1 nitrogen and oxygen atoms in total. The summed E-state index contributed by atoms with van der Waals surface area (Å²) in [6.07, 6.45) is 2.17. The summed E-state index contributed by atoms with van der Waals surface area (Å²) in [5, 5.41) is 3.63. The lowest BCUT2D eigenvalue weighted by molar-refractivity contribution is 0.690. The summed E-state index contributed by atoms with van der Waals surface area (Å²) in [7, 11) is 0. The molecule has 1 atom stereocenters. The van der Waals surface area contributed by atoms with E-state index < -0.39 is 0 Å². The molecule has 1 unspecified atom stereocenters. The van der Waals surface area contributed by atoms with Gasteiger partial charge in [-0.1, -0.05) is 53.2 Å². The van der Waals surface area contributed by atoms with Crippen molar-refractivity contribution in [2.24, 2.45) is 0 Å². The zero-order chi connectivity index (χ0) is 13.7. The van der Waals surface area contributed by atoms with Gasteiger partial charge in [-0.2, -0.15) is 0 Å². The lowest BCUT2D eigenvalue weighted by atomic mass is 10.0. The predicted molar refractivity (Wildman–Crippen MR) is 86.7 cm³/mol. The van der Waals surface area contributed by atoms with Crippen LogP contribution in [-0.2, 0) is 6.42 Å². The fourth-order valence-corrected chi connectivity index (χ4v) is 2.86. The molecule has 0 radical (unpaired) electrons. The van der Waals surface area contributed by atoms with Gasteiger partial charge in [0.2, 0.25) is 0 Å². The van der Waals surface area contributed by atoms with Gasteiger partial charge in [-0.25, -0.2) is 0 Å². The molecule has 19 heavy (non-hydrogen) atoms. The smallest absolute Gasteiger partial charge is 0.0356 e. The van der Waals surface area contributed by atoms with Gasteiger partial charge in [-0.05, 0) is 49.1 Å². The Kier molecular flexibility index (Phi) is 5.03. The van der Waals surface area contributed by atoms with Gasteiger partial charge in [0.15, 0.2) is 0 Å². The van der Waals surface area contributed by atoms with Crippen LogP contribution in [0.25, 0.3) is 0 Å². The number of hydrogen-bond donors (Lipinski definition) is 1. The van der Waals surface area contributed by atoms with Gasteiger partial charge in [-0.15, -0.1) is 0 Å². The van der Waals surface area contributed by atoms with E-state index in [2.05, 4.69) is 83.6 Å². The zero-order valence-electron chi connectivity index (χ0n) is 11.5. The molecule has 2 aromatic carbocycles. The second-order valence-electron chi connectivity index (χ2n) is 4.96. The van der Waals surface area contributed by atoms with Crippen LogP contribution in [0.5, 0.6) is 0 Å². The number of benzene rings is 2. The first-order valence-corrected chi connectivity index (χ1v) is 7.54. The molecule has 1 N–H and O–H groups in total. The third kappa shape index (κ3) is 4.39. The van der Waals surface area contributed by atoms with Gasteiger partial charge in [0.25, 0.3) is 0 Å². The second kappa shape index (κ2) is 6.76. The third-order valence-electron chi connectivity index (χ3n) is 3.23. The summed E-state index contributed by atoms with van der Waals surface area (Å²) in [6, 6.07) is 17.6. The molecule has 0 aliphatic carbocycles. The van der Waals surface area contributed by atoms with E-state index in [1.165, 1.54) is 16.8 Å². The molecule has 0 aliphatic heterocycles. The number of nitrogens with one attached hydrogen (secondary N) is 1. The van der Waals surface area contributed by atoms with Crippen LogP contribution in [0, 0.1) is 6.92 Å². The number of rotatable bonds is 5. The maximum absolute atomic E-state index is 3.63. The van der Waals surface area contributed by atoms with Crippen LogP contribution in [0.1, 0.15) is 24.5 Å². The van der Waals surface area contributed by atoms with Crippen LogP contribution in [0.15, 0.2) is 53.0 Å². The molecule has 0 fully saturated rings. The largest absolute Gasteiger partial charge is 0.382 e. The number of halogens is 1. The summed E-state index contributed by atoms with van der Waals surface area (Å²) in [5.41, 5.74) is 3.84. The van der Waals surface area contributed by atoms with Gasteiger partial charge < -0.3 is 5.32 Å². The van der Waals surface area contributed by atoms with Crippen molar-refractivity contribution in [2.75, 3.05) is 5.32 Å². The first-order chi connectivity index (χ1) is 9.17. The fourth-order valence-electron chi connectivity index (χ4n) is 2.25. The monoisotopic (exact) mass is 317 g/mol. The molecule has 0 amide bonds. The molecule has 0 aliphatic rings. The van der Waals surface area contributed by atoms with E-state index in [4.69, 9.17) is 0 Å². The first kappa shape index (κ1) is 14.1. The molecular weight excluding hydrogens is 298 g/mol. The van der Waals surface area contributed by atoms with Crippen LogP contribution < -0.4 is 5.32 Å². The highest BCUT2D eigenvalue weighted by atomic mass is 79.9. The summed E-state index contributed by atoms with van der Waals surface area (Å²) in [6.45, 7) is 4.35. The van der Waals surface area contributed by atoms with Crippen LogP contribution in [-0.4, -0.2) is 6.04 Å². The Morgan fingerprint density at radius 2 is 1.84 bits per heavy atom. The summed E-state index contributed by atoms with van der Waals surface area (Å²) < 4.78 is 1.13. The Balaban J connectivity index is 2.06. The van der Waals surface area contributed by atoms with E-state index in [-0.39, 0.29) is 0 Å². The van der Waals surface area contributed by atoms with E-state index in [1.807, 2.05) is 0 Å². The van der Waals surface area contributed by atoms with Crippen molar-refractivity contribution < 1.29 is 0 Å². The highest BCUT2D eigenvalue weighted by molar-refractivity contribution is 9.10. The average Bonchev–Trinajstić information content (AvgIpc) is 2.38. The second-order valence-corrected chi connectivity index (χ2v) is 5.87. The third-order valence-corrected chi connectivity index (χ3v) is 3.69. The lowest BCUT2D eigenvalue weighted by Gasteiger charge is -2.19. The minimum Gasteiger partial charge on any atom is -0.382 e. The van der Waals surface area contributed by atoms with Gasteiger partial charge >= 0.3 is 0 Å². The van der Waals surface area contributed by atoms with E-state index in [1.54, 1.807) is 0 Å². The average molecular weight is 318 g/mol.